The molecule has 0 unspecified atom stereocenters. The second-order valence-electron chi connectivity index (χ2n) is 3.50. The summed E-state index contributed by atoms with van der Waals surface area (Å²) < 4.78 is 4.50. The zero-order valence-corrected chi connectivity index (χ0v) is 11.3. The number of hydrogen-bond donors (Lipinski definition) is 1. The van der Waals surface area contributed by atoms with Gasteiger partial charge in [0.05, 0.1) is 12.5 Å². The molecular formula is C12H10ClNO3S. The standard InChI is InChI=1S/C12H10ClNO3S/c1-17-12(16)9(13)10-11(15)7-5-6(18-2)3-4-8(7)14-10/h3-5,15H,1-2H3. The highest BCUT2D eigenvalue weighted by Crippen LogP contribution is 2.21. The highest BCUT2D eigenvalue weighted by atomic mass is 35.5. The van der Waals surface area contributed by atoms with Crippen LogP contribution in [0.3, 0.4) is 0 Å². The summed E-state index contributed by atoms with van der Waals surface area (Å²) in [7, 11) is 1.22. The van der Waals surface area contributed by atoms with Crippen molar-refractivity contribution in [3.05, 3.63) is 39.5 Å². The van der Waals surface area contributed by atoms with E-state index in [1.54, 1.807) is 23.9 Å². The molecule has 0 saturated heterocycles. The van der Waals surface area contributed by atoms with E-state index in [2.05, 4.69) is 9.73 Å². The number of nitrogens with zero attached hydrogens (tertiary/aromatic N) is 1. The summed E-state index contributed by atoms with van der Waals surface area (Å²) in [6.07, 6.45) is 1.93. The van der Waals surface area contributed by atoms with Gasteiger partial charge in [-0.25, -0.2) is 9.79 Å². The van der Waals surface area contributed by atoms with E-state index in [4.69, 9.17) is 11.6 Å². The average Bonchev–Trinajstić information content (AvgIpc) is 2.73. The molecule has 1 aliphatic heterocycles. The van der Waals surface area contributed by atoms with Crippen LogP contribution in [0.2, 0.25) is 0 Å². The van der Waals surface area contributed by atoms with Crippen LogP contribution in [-0.2, 0) is 9.53 Å². The number of hydrogen-bond acceptors (Lipinski definition) is 5. The van der Waals surface area contributed by atoms with Crippen molar-refractivity contribution in [1.82, 2.24) is 0 Å². The predicted molar refractivity (Wildman–Crippen MR) is 69.9 cm³/mol. The minimum atomic E-state index is -0.722. The molecule has 0 saturated carbocycles. The van der Waals surface area contributed by atoms with Crippen molar-refractivity contribution in [1.29, 1.82) is 0 Å². The van der Waals surface area contributed by atoms with Crippen LogP contribution in [0.25, 0.3) is 5.76 Å². The Bertz CT molecular complexity index is 666. The molecule has 0 atom stereocenters. The summed E-state index contributed by atoms with van der Waals surface area (Å²) in [5.74, 6) is -0.823. The van der Waals surface area contributed by atoms with E-state index in [0.29, 0.717) is 10.6 Å². The van der Waals surface area contributed by atoms with Crippen LogP contribution in [0.4, 0.5) is 0 Å². The van der Waals surface area contributed by atoms with Crippen LogP contribution in [0, 0.1) is 0 Å². The summed E-state index contributed by atoms with van der Waals surface area (Å²) in [6, 6.07) is 5.45. The number of fused-ring (bicyclic) bond motifs is 1. The number of aliphatic hydroxyl groups is 1. The van der Waals surface area contributed by atoms with Gasteiger partial charge in [-0.1, -0.05) is 11.6 Å². The lowest BCUT2D eigenvalue weighted by Gasteiger charge is -2.00. The molecule has 0 radical (unpaired) electrons. The molecule has 0 spiro atoms. The summed E-state index contributed by atoms with van der Waals surface area (Å²) in [5, 5.41) is 11.0. The number of aliphatic hydroxyl groups excluding tert-OH is 1. The first kappa shape index (κ1) is 13.0. The van der Waals surface area contributed by atoms with Crippen LogP contribution in [-0.4, -0.2) is 24.4 Å². The van der Waals surface area contributed by atoms with E-state index < -0.39 is 5.97 Å². The lowest BCUT2D eigenvalue weighted by molar-refractivity contribution is -0.135. The van der Waals surface area contributed by atoms with Crippen molar-refractivity contribution >= 4 is 35.1 Å². The first-order chi connectivity index (χ1) is 8.58. The van der Waals surface area contributed by atoms with Crippen LogP contribution in [0.1, 0.15) is 0 Å². The highest BCUT2D eigenvalue weighted by Gasteiger charge is 2.21. The lowest BCUT2D eigenvalue weighted by atomic mass is 10.2. The Morgan fingerprint density at radius 1 is 1.50 bits per heavy atom. The summed E-state index contributed by atoms with van der Waals surface area (Å²) in [5.41, 5.74) is 0.0526. The minimum absolute atomic E-state index is 0.0526. The Morgan fingerprint density at radius 3 is 2.83 bits per heavy atom. The number of methoxy groups -OCH3 is 1. The normalized spacial score (nSPS) is 16.1. The zero-order chi connectivity index (χ0) is 13.3. The van der Waals surface area contributed by atoms with Crippen molar-refractivity contribution in [2.24, 2.45) is 4.99 Å². The molecule has 0 aromatic heterocycles. The van der Waals surface area contributed by atoms with E-state index in [0.717, 1.165) is 4.90 Å². The molecule has 0 fully saturated rings. The molecule has 0 aliphatic carbocycles. The third kappa shape index (κ3) is 2.11. The molecule has 0 bridgehead atoms. The number of esters is 1. The lowest BCUT2D eigenvalue weighted by Crippen LogP contribution is -2.22. The molecule has 1 aromatic rings. The number of carbonyl (C=O) groups excluding carboxylic acids is 1. The van der Waals surface area contributed by atoms with Gasteiger partial charge in [0.2, 0.25) is 0 Å². The summed E-state index contributed by atoms with van der Waals surface area (Å²) in [4.78, 5) is 16.4. The maximum Gasteiger partial charge on any atom is 0.351 e. The molecule has 4 nitrogen and oxygen atoms in total. The topological polar surface area (TPSA) is 58.9 Å². The van der Waals surface area contributed by atoms with Gasteiger partial charge in [0.25, 0.3) is 0 Å². The van der Waals surface area contributed by atoms with Crippen molar-refractivity contribution in [3.8, 4) is 0 Å². The largest absolute Gasteiger partial charge is 0.505 e. The summed E-state index contributed by atoms with van der Waals surface area (Å²) in [6.45, 7) is 0. The van der Waals surface area contributed by atoms with E-state index in [9.17, 15) is 9.90 Å². The van der Waals surface area contributed by atoms with Gasteiger partial charge < -0.3 is 9.84 Å². The van der Waals surface area contributed by atoms with Gasteiger partial charge in [-0.05, 0) is 24.5 Å². The Hall–Kier alpha value is -1.46. The van der Waals surface area contributed by atoms with Gasteiger partial charge in [0.15, 0.2) is 10.8 Å². The Kier molecular flexibility index (Phi) is 3.63. The second kappa shape index (κ2) is 5.04. The van der Waals surface area contributed by atoms with E-state index in [1.807, 2.05) is 12.3 Å². The maximum atomic E-state index is 11.3. The fraction of sp³-hybridized carbons (Fsp3) is 0.167. The van der Waals surface area contributed by atoms with Gasteiger partial charge in [-0.2, -0.15) is 0 Å². The third-order valence-corrected chi connectivity index (χ3v) is 3.55. The SMILES string of the molecule is COC(=O)C(Cl)=C1N=c2ccc(SC)cc2=C1O. The summed E-state index contributed by atoms with van der Waals surface area (Å²) >= 11 is 7.37. The first-order valence-electron chi connectivity index (χ1n) is 5.03. The van der Waals surface area contributed by atoms with Crippen molar-refractivity contribution in [2.45, 2.75) is 4.90 Å². The van der Waals surface area contributed by atoms with Gasteiger partial charge in [0, 0.05) is 10.1 Å². The molecule has 94 valence electrons. The predicted octanol–water partition coefficient (Wildman–Crippen LogP) is 1.33. The van der Waals surface area contributed by atoms with Gasteiger partial charge in [-0.3, -0.25) is 0 Å². The molecule has 1 aromatic carbocycles. The number of rotatable bonds is 2. The molecule has 6 heteroatoms. The van der Waals surface area contributed by atoms with E-state index >= 15 is 0 Å². The third-order valence-electron chi connectivity index (χ3n) is 2.49. The monoisotopic (exact) mass is 283 g/mol. The van der Waals surface area contributed by atoms with Crippen molar-refractivity contribution < 1.29 is 14.6 Å². The minimum Gasteiger partial charge on any atom is -0.505 e. The zero-order valence-electron chi connectivity index (χ0n) is 9.73. The molecule has 1 heterocycles. The van der Waals surface area contributed by atoms with Gasteiger partial charge >= 0.3 is 5.97 Å². The smallest absolute Gasteiger partial charge is 0.351 e. The Morgan fingerprint density at radius 2 is 2.22 bits per heavy atom. The van der Waals surface area contributed by atoms with Crippen molar-refractivity contribution in [2.75, 3.05) is 13.4 Å². The number of benzene rings is 1. The molecule has 1 N–H and O–H groups in total. The van der Waals surface area contributed by atoms with E-state index in [1.165, 1.54) is 7.11 Å². The van der Waals surface area contributed by atoms with Gasteiger partial charge in [0.1, 0.15) is 5.70 Å². The van der Waals surface area contributed by atoms with E-state index in [-0.39, 0.29) is 16.5 Å². The molecule has 18 heavy (non-hydrogen) atoms. The maximum absolute atomic E-state index is 11.3. The molecule has 1 aliphatic rings. The number of thioether (sulfide) groups is 1. The molecule has 2 rings (SSSR count). The Labute approximate surface area is 113 Å². The Balaban J connectivity index is 2.67. The van der Waals surface area contributed by atoms with Gasteiger partial charge in [-0.15, -0.1) is 11.8 Å². The van der Waals surface area contributed by atoms with Crippen LogP contribution >= 0.6 is 23.4 Å². The fourth-order valence-electron chi connectivity index (χ4n) is 1.57. The first-order valence-corrected chi connectivity index (χ1v) is 6.63. The highest BCUT2D eigenvalue weighted by molar-refractivity contribution is 7.98. The van der Waals surface area contributed by atoms with Crippen LogP contribution in [0.5, 0.6) is 0 Å². The second-order valence-corrected chi connectivity index (χ2v) is 4.76. The number of carbonyl (C=O) groups is 1. The van der Waals surface area contributed by atoms with Crippen LogP contribution < -0.4 is 10.6 Å². The quantitative estimate of drug-likeness (QED) is 0.505. The molecular weight excluding hydrogens is 274 g/mol. The van der Waals surface area contributed by atoms with Crippen LogP contribution in [0.15, 0.2) is 38.8 Å². The number of ether oxygens (including phenoxy) is 1. The average molecular weight is 284 g/mol. The molecule has 0 amide bonds. The fourth-order valence-corrected chi connectivity index (χ4v) is 2.22. The number of halogens is 1. The van der Waals surface area contributed by atoms with Crippen molar-refractivity contribution in [3.63, 3.8) is 0 Å².